The smallest absolute Gasteiger partial charge is 0.407 e. The van der Waals surface area contributed by atoms with Crippen LogP contribution in [0.5, 0.6) is 0 Å². The SMILES string of the molecule is N#Cc1ccc(NCCCN2CC3CN(C(=O)O)CC3C2)cc1. The van der Waals surface area contributed by atoms with Crippen molar-refractivity contribution in [2.45, 2.75) is 6.42 Å². The van der Waals surface area contributed by atoms with Gasteiger partial charge in [0.15, 0.2) is 0 Å². The van der Waals surface area contributed by atoms with Crippen LogP contribution in [0.15, 0.2) is 24.3 Å². The molecular formula is C17H22N4O2. The normalized spacial score (nSPS) is 23.5. The molecule has 0 saturated carbocycles. The molecule has 0 radical (unpaired) electrons. The lowest BCUT2D eigenvalue weighted by molar-refractivity contribution is 0.149. The van der Waals surface area contributed by atoms with Crippen molar-refractivity contribution in [3.05, 3.63) is 29.8 Å². The molecule has 1 amide bonds. The van der Waals surface area contributed by atoms with Gasteiger partial charge < -0.3 is 20.2 Å². The van der Waals surface area contributed by atoms with Gasteiger partial charge in [0.05, 0.1) is 11.6 Å². The molecule has 2 fully saturated rings. The van der Waals surface area contributed by atoms with Crippen LogP contribution in [-0.4, -0.2) is 60.3 Å². The number of nitrogens with zero attached hydrogens (tertiary/aromatic N) is 3. The van der Waals surface area contributed by atoms with Gasteiger partial charge in [-0.3, -0.25) is 0 Å². The molecule has 2 unspecified atom stereocenters. The average molecular weight is 314 g/mol. The van der Waals surface area contributed by atoms with Crippen LogP contribution >= 0.6 is 0 Å². The number of amides is 1. The molecule has 2 N–H and O–H groups in total. The second-order valence-corrected chi connectivity index (χ2v) is 6.44. The topological polar surface area (TPSA) is 79.6 Å². The van der Waals surface area contributed by atoms with Gasteiger partial charge in [0.1, 0.15) is 0 Å². The zero-order valence-electron chi connectivity index (χ0n) is 13.1. The van der Waals surface area contributed by atoms with Crippen LogP contribution in [-0.2, 0) is 0 Å². The van der Waals surface area contributed by atoms with Crippen LogP contribution < -0.4 is 5.32 Å². The Morgan fingerprint density at radius 1 is 1.22 bits per heavy atom. The first kappa shape index (κ1) is 15.6. The summed E-state index contributed by atoms with van der Waals surface area (Å²) < 4.78 is 0. The summed E-state index contributed by atoms with van der Waals surface area (Å²) in [5.41, 5.74) is 1.72. The van der Waals surface area contributed by atoms with Gasteiger partial charge in [0, 0.05) is 38.4 Å². The fourth-order valence-electron chi connectivity index (χ4n) is 3.63. The monoisotopic (exact) mass is 314 g/mol. The molecular weight excluding hydrogens is 292 g/mol. The van der Waals surface area contributed by atoms with Crippen molar-refractivity contribution >= 4 is 11.8 Å². The van der Waals surface area contributed by atoms with E-state index < -0.39 is 6.09 Å². The second-order valence-electron chi connectivity index (χ2n) is 6.44. The first-order valence-corrected chi connectivity index (χ1v) is 8.10. The Labute approximate surface area is 136 Å². The van der Waals surface area contributed by atoms with E-state index in [0.29, 0.717) is 30.5 Å². The lowest BCUT2D eigenvalue weighted by Crippen LogP contribution is -2.32. The number of carboxylic acid groups (broad SMARTS) is 1. The fourth-order valence-corrected chi connectivity index (χ4v) is 3.63. The summed E-state index contributed by atoms with van der Waals surface area (Å²) in [6.45, 7) is 5.37. The number of benzene rings is 1. The van der Waals surface area contributed by atoms with E-state index in [-0.39, 0.29) is 0 Å². The molecule has 2 atom stereocenters. The molecule has 2 aliphatic rings. The highest BCUT2D eigenvalue weighted by Crippen LogP contribution is 2.30. The zero-order valence-corrected chi connectivity index (χ0v) is 13.1. The van der Waals surface area contributed by atoms with Crippen LogP contribution in [0.25, 0.3) is 0 Å². The molecule has 0 aromatic heterocycles. The van der Waals surface area contributed by atoms with Gasteiger partial charge in [-0.2, -0.15) is 5.26 Å². The van der Waals surface area contributed by atoms with Crippen LogP contribution in [0.4, 0.5) is 10.5 Å². The van der Waals surface area contributed by atoms with E-state index in [9.17, 15) is 4.79 Å². The minimum Gasteiger partial charge on any atom is -0.465 e. The number of hydrogen-bond donors (Lipinski definition) is 2. The predicted molar refractivity (Wildman–Crippen MR) is 87.3 cm³/mol. The van der Waals surface area contributed by atoms with Crippen molar-refractivity contribution in [3.63, 3.8) is 0 Å². The molecule has 0 aliphatic carbocycles. The maximum absolute atomic E-state index is 11.0. The molecule has 23 heavy (non-hydrogen) atoms. The van der Waals surface area contributed by atoms with E-state index >= 15 is 0 Å². The van der Waals surface area contributed by atoms with Crippen molar-refractivity contribution < 1.29 is 9.90 Å². The highest BCUT2D eigenvalue weighted by atomic mass is 16.4. The second kappa shape index (κ2) is 6.88. The molecule has 1 aromatic carbocycles. The Kier molecular flexibility index (Phi) is 4.68. The summed E-state index contributed by atoms with van der Waals surface area (Å²) in [6, 6.07) is 9.61. The fraction of sp³-hybridized carbons (Fsp3) is 0.529. The summed E-state index contributed by atoms with van der Waals surface area (Å²) in [4.78, 5) is 15.0. The number of nitrogens with one attached hydrogen (secondary N) is 1. The third-order valence-corrected chi connectivity index (χ3v) is 4.83. The maximum atomic E-state index is 11.0. The zero-order chi connectivity index (χ0) is 16.2. The summed E-state index contributed by atoms with van der Waals surface area (Å²) in [5.74, 6) is 1.02. The molecule has 1 aromatic rings. The first-order valence-electron chi connectivity index (χ1n) is 8.10. The van der Waals surface area contributed by atoms with Crippen molar-refractivity contribution in [3.8, 4) is 6.07 Å². The predicted octanol–water partition coefficient (Wildman–Crippen LogP) is 1.90. The van der Waals surface area contributed by atoms with E-state index in [2.05, 4.69) is 16.3 Å². The lowest BCUT2D eigenvalue weighted by atomic mass is 10.0. The van der Waals surface area contributed by atoms with E-state index in [4.69, 9.17) is 10.4 Å². The number of likely N-dealkylation sites (tertiary alicyclic amines) is 2. The van der Waals surface area contributed by atoms with Crippen LogP contribution in [0.3, 0.4) is 0 Å². The summed E-state index contributed by atoms with van der Waals surface area (Å²) in [6.07, 6.45) is 0.278. The van der Waals surface area contributed by atoms with Crippen molar-refractivity contribution in [1.82, 2.24) is 9.80 Å². The third kappa shape index (κ3) is 3.74. The van der Waals surface area contributed by atoms with Crippen LogP contribution in [0.1, 0.15) is 12.0 Å². The van der Waals surface area contributed by atoms with Gasteiger partial charge in [-0.05, 0) is 49.1 Å². The van der Waals surface area contributed by atoms with E-state index in [1.54, 1.807) is 4.90 Å². The van der Waals surface area contributed by atoms with Crippen molar-refractivity contribution in [2.24, 2.45) is 11.8 Å². The van der Waals surface area contributed by atoms with Gasteiger partial charge in [-0.15, -0.1) is 0 Å². The lowest BCUT2D eigenvalue weighted by Gasteiger charge is -2.19. The van der Waals surface area contributed by atoms with Gasteiger partial charge in [0.25, 0.3) is 0 Å². The number of hydrogen-bond acceptors (Lipinski definition) is 4. The molecule has 2 heterocycles. The van der Waals surface area contributed by atoms with E-state index in [1.165, 1.54) is 0 Å². The molecule has 122 valence electrons. The quantitative estimate of drug-likeness (QED) is 0.812. The number of fused-ring (bicyclic) bond motifs is 1. The Hall–Kier alpha value is -2.26. The maximum Gasteiger partial charge on any atom is 0.407 e. The van der Waals surface area contributed by atoms with Crippen molar-refractivity contribution in [1.29, 1.82) is 5.26 Å². The molecule has 6 heteroatoms. The number of anilines is 1. The minimum absolute atomic E-state index is 0.512. The number of carbonyl (C=O) groups is 1. The first-order chi connectivity index (χ1) is 11.2. The Morgan fingerprint density at radius 3 is 2.43 bits per heavy atom. The molecule has 0 bridgehead atoms. The summed E-state index contributed by atoms with van der Waals surface area (Å²) in [7, 11) is 0. The number of nitriles is 1. The molecule has 0 spiro atoms. The molecule has 6 nitrogen and oxygen atoms in total. The van der Waals surface area contributed by atoms with Gasteiger partial charge in [0.2, 0.25) is 0 Å². The van der Waals surface area contributed by atoms with Crippen molar-refractivity contribution in [2.75, 3.05) is 44.6 Å². The van der Waals surface area contributed by atoms with E-state index in [0.717, 1.165) is 38.3 Å². The highest BCUT2D eigenvalue weighted by molar-refractivity contribution is 5.65. The molecule has 3 rings (SSSR count). The molecule has 2 saturated heterocycles. The van der Waals surface area contributed by atoms with Gasteiger partial charge >= 0.3 is 6.09 Å². The largest absolute Gasteiger partial charge is 0.465 e. The number of rotatable bonds is 5. The van der Waals surface area contributed by atoms with Gasteiger partial charge in [-0.1, -0.05) is 0 Å². The van der Waals surface area contributed by atoms with E-state index in [1.807, 2.05) is 24.3 Å². The summed E-state index contributed by atoms with van der Waals surface area (Å²) >= 11 is 0. The Balaban J connectivity index is 1.35. The standard InChI is InChI=1S/C17H22N4O2/c18-8-13-2-4-16(5-3-13)19-6-1-7-20-9-14-11-21(17(22)23)12-15(14)10-20/h2-5,14-15,19H,1,6-7,9-12H2,(H,22,23). The molecule has 2 aliphatic heterocycles. The van der Waals surface area contributed by atoms with Crippen LogP contribution in [0.2, 0.25) is 0 Å². The summed E-state index contributed by atoms with van der Waals surface area (Å²) in [5, 5.41) is 21.2. The highest BCUT2D eigenvalue weighted by Gasteiger charge is 2.41. The average Bonchev–Trinajstić information content (AvgIpc) is 3.10. The van der Waals surface area contributed by atoms with Gasteiger partial charge in [-0.25, -0.2) is 4.79 Å². The third-order valence-electron chi connectivity index (χ3n) is 4.83. The Bertz CT molecular complexity index is 582. The van der Waals surface area contributed by atoms with Crippen LogP contribution in [0, 0.1) is 23.2 Å². The minimum atomic E-state index is -0.780. The Morgan fingerprint density at radius 2 is 1.87 bits per heavy atom.